The minimum absolute atomic E-state index is 0.0490. The molecule has 19 heavy (non-hydrogen) atoms. The van der Waals surface area contributed by atoms with Crippen LogP contribution < -0.4 is 10.2 Å². The van der Waals surface area contributed by atoms with Crippen LogP contribution in [-0.2, 0) is 24.9 Å². The molecule has 6 heteroatoms. The second-order valence-corrected chi connectivity index (χ2v) is 4.51. The fourth-order valence-corrected chi connectivity index (χ4v) is 2.24. The van der Waals surface area contributed by atoms with Crippen molar-refractivity contribution in [2.45, 2.75) is 13.1 Å². The minimum atomic E-state index is 0.0490. The van der Waals surface area contributed by atoms with Gasteiger partial charge in [0.25, 0.3) is 0 Å². The summed E-state index contributed by atoms with van der Waals surface area (Å²) in [6, 6.07) is 7.93. The number of benzene rings is 1. The van der Waals surface area contributed by atoms with Gasteiger partial charge in [0.15, 0.2) is 0 Å². The van der Waals surface area contributed by atoms with Crippen LogP contribution in [0.1, 0.15) is 11.4 Å². The van der Waals surface area contributed by atoms with Gasteiger partial charge < -0.3 is 10.2 Å². The molecule has 0 radical (unpaired) electrons. The molecule has 1 aliphatic rings. The molecule has 6 nitrogen and oxygen atoms in total. The van der Waals surface area contributed by atoms with Crippen LogP contribution in [-0.4, -0.2) is 27.2 Å². The molecule has 2 heterocycles. The Morgan fingerprint density at radius 3 is 2.95 bits per heavy atom. The third-order valence-electron chi connectivity index (χ3n) is 3.28. The molecule has 1 aliphatic heterocycles. The monoisotopic (exact) mass is 257 g/mol. The summed E-state index contributed by atoms with van der Waals surface area (Å²) in [5.74, 6) is 0.818. The number of nitrogens with one attached hydrogen (secondary N) is 1. The molecule has 1 aromatic carbocycles. The Labute approximate surface area is 111 Å². The number of fused-ring (bicyclic) bond motifs is 1. The van der Waals surface area contributed by atoms with Crippen molar-refractivity contribution in [1.29, 1.82) is 0 Å². The first kappa shape index (κ1) is 11.9. The molecule has 1 aromatic heterocycles. The number of aromatic nitrogens is 3. The lowest BCUT2D eigenvalue weighted by molar-refractivity contribution is -0.117. The summed E-state index contributed by atoms with van der Waals surface area (Å²) in [5.41, 5.74) is 2.07. The van der Waals surface area contributed by atoms with Crippen molar-refractivity contribution in [3.63, 3.8) is 0 Å². The zero-order chi connectivity index (χ0) is 13.2. The van der Waals surface area contributed by atoms with Crippen molar-refractivity contribution in [1.82, 2.24) is 20.1 Å². The first-order chi connectivity index (χ1) is 9.25. The lowest BCUT2D eigenvalue weighted by Gasteiger charge is -2.21. The number of carbonyl (C=O) groups is 1. The number of nitrogens with zero attached hydrogens (tertiary/aromatic N) is 4. The molecule has 0 bridgehead atoms. The van der Waals surface area contributed by atoms with E-state index in [9.17, 15) is 4.79 Å². The number of amides is 1. The average Bonchev–Trinajstić information content (AvgIpc) is 2.74. The fourth-order valence-electron chi connectivity index (χ4n) is 2.24. The Hall–Kier alpha value is -2.21. The highest BCUT2D eigenvalue weighted by Crippen LogP contribution is 2.23. The van der Waals surface area contributed by atoms with E-state index in [0.717, 1.165) is 17.1 Å². The summed E-state index contributed by atoms with van der Waals surface area (Å²) < 4.78 is 1.69. The number of hydrogen-bond acceptors (Lipinski definition) is 4. The van der Waals surface area contributed by atoms with Crippen molar-refractivity contribution in [2.24, 2.45) is 7.05 Å². The number of carbonyl (C=O) groups excluding carboxylic acids is 1. The van der Waals surface area contributed by atoms with Crippen LogP contribution in [0.25, 0.3) is 0 Å². The first-order valence-corrected chi connectivity index (χ1v) is 6.17. The van der Waals surface area contributed by atoms with Crippen LogP contribution in [0.2, 0.25) is 0 Å². The van der Waals surface area contributed by atoms with Crippen molar-refractivity contribution < 1.29 is 4.79 Å². The predicted octanol–water partition coefficient (Wildman–Crippen LogP) is 0.452. The lowest BCUT2D eigenvalue weighted by atomic mass is 10.1. The molecule has 0 saturated carbocycles. The Balaban J connectivity index is 1.98. The number of rotatable bonds is 2. The van der Waals surface area contributed by atoms with Gasteiger partial charge in [-0.1, -0.05) is 18.2 Å². The van der Waals surface area contributed by atoms with Gasteiger partial charge in [-0.05, 0) is 11.6 Å². The average molecular weight is 257 g/mol. The van der Waals surface area contributed by atoms with Crippen molar-refractivity contribution >= 4 is 11.6 Å². The Morgan fingerprint density at radius 2 is 2.16 bits per heavy atom. The number of anilines is 1. The quantitative estimate of drug-likeness (QED) is 0.848. The van der Waals surface area contributed by atoms with Gasteiger partial charge in [0.2, 0.25) is 5.91 Å². The van der Waals surface area contributed by atoms with Gasteiger partial charge in [-0.2, -0.15) is 5.10 Å². The number of aryl methyl sites for hydroxylation is 1. The molecule has 0 saturated heterocycles. The largest absolute Gasteiger partial charge is 0.304 e. The molecule has 98 valence electrons. The van der Waals surface area contributed by atoms with Gasteiger partial charge in [-0.15, -0.1) is 0 Å². The number of para-hydroxylation sites is 1. The van der Waals surface area contributed by atoms with E-state index in [1.54, 1.807) is 9.58 Å². The molecule has 1 amide bonds. The lowest BCUT2D eigenvalue weighted by Crippen LogP contribution is -2.35. The maximum absolute atomic E-state index is 12.2. The summed E-state index contributed by atoms with van der Waals surface area (Å²) in [4.78, 5) is 18.2. The molecule has 0 atom stereocenters. The van der Waals surface area contributed by atoms with Crippen LogP contribution in [0.5, 0.6) is 0 Å². The van der Waals surface area contributed by atoms with Crippen LogP contribution in [0.3, 0.4) is 0 Å². The molecule has 0 spiro atoms. The van der Waals surface area contributed by atoms with Crippen molar-refractivity contribution in [3.8, 4) is 0 Å². The molecule has 1 N–H and O–H groups in total. The second kappa shape index (κ2) is 4.81. The topological polar surface area (TPSA) is 63.1 Å². The summed E-state index contributed by atoms with van der Waals surface area (Å²) in [6.45, 7) is 1.48. The van der Waals surface area contributed by atoms with Gasteiger partial charge in [0, 0.05) is 19.3 Å². The summed E-state index contributed by atoms with van der Waals surface area (Å²) >= 11 is 0. The van der Waals surface area contributed by atoms with Gasteiger partial charge in [-0.3, -0.25) is 9.48 Å². The SMILES string of the molecule is Cn1ncnc1CN1C(=O)CNCc2ccccc21. The third-order valence-corrected chi connectivity index (χ3v) is 3.28. The van der Waals surface area contributed by atoms with E-state index in [1.165, 1.54) is 6.33 Å². The molecule has 0 fully saturated rings. The smallest absolute Gasteiger partial charge is 0.241 e. The molecule has 3 rings (SSSR count). The van der Waals surface area contributed by atoms with Crippen molar-refractivity contribution in [3.05, 3.63) is 42.0 Å². The van der Waals surface area contributed by atoms with E-state index in [2.05, 4.69) is 15.4 Å². The standard InChI is InChI=1S/C13H15N5O/c1-17-12(15-9-16-17)8-18-11-5-3-2-4-10(11)6-14-7-13(18)19/h2-5,9,14H,6-8H2,1H3. The zero-order valence-electron chi connectivity index (χ0n) is 10.7. The number of hydrogen-bond donors (Lipinski definition) is 1. The van der Waals surface area contributed by atoms with Gasteiger partial charge in [0.1, 0.15) is 12.2 Å². The van der Waals surface area contributed by atoms with E-state index >= 15 is 0 Å². The highest BCUT2D eigenvalue weighted by molar-refractivity contribution is 5.96. The molecule has 2 aromatic rings. The van der Waals surface area contributed by atoms with Crippen LogP contribution in [0.15, 0.2) is 30.6 Å². The van der Waals surface area contributed by atoms with Crippen LogP contribution >= 0.6 is 0 Å². The van der Waals surface area contributed by atoms with E-state index in [4.69, 9.17) is 0 Å². The van der Waals surface area contributed by atoms with E-state index in [1.807, 2.05) is 31.3 Å². The van der Waals surface area contributed by atoms with Crippen molar-refractivity contribution in [2.75, 3.05) is 11.4 Å². The highest BCUT2D eigenvalue weighted by Gasteiger charge is 2.22. The van der Waals surface area contributed by atoms with E-state index < -0.39 is 0 Å². The van der Waals surface area contributed by atoms with E-state index in [0.29, 0.717) is 19.6 Å². The molecule has 0 unspecified atom stereocenters. The van der Waals surface area contributed by atoms with Crippen LogP contribution in [0, 0.1) is 0 Å². The Bertz CT molecular complexity index is 607. The second-order valence-electron chi connectivity index (χ2n) is 4.51. The van der Waals surface area contributed by atoms with E-state index in [-0.39, 0.29) is 5.91 Å². The summed E-state index contributed by atoms with van der Waals surface area (Å²) in [7, 11) is 1.83. The first-order valence-electron chi connectivity index (χ1n) is 6.17. The maximum Gasteiger partial charge on any atom is 0.241 e. The maximum atomic E-state index is 12.2. The normalized spacial score (nSPS) is 15.2. The van der Waals surface area contributed by atoms with Gasteiger partial charge in [-0.25, -0.2) is 4.98 Å². The molecular weight excluding hydrogens is 242 g/mol. The van der Waals surface area contributed by atoms with Gasteiger partial charge >= 0.3 is 0 Å². The Morgan fingerprint density at radius 1 is 1.32 bits per heavy atom. The highest BCUT2D eigenvalue weighted by atomic mass is 16.2. The Kier molecular flexibility index (Phi) is 3.00. The predicted molar refractivity (Wildman–Crippen MR) is 70.3 cm³/mol. The summed E-state index contributed by atoms with van der Waals surface area (Å²) in [6.07, 6.45) is 1.50. The zero-order valence-corrected chi connectivity index (χ0v) is 10.7. The molecule has 0 aliphatic carbocycles. The summed E-state index contributed by atoms with van der Waals surface area (Å²) in [5, 5.41) is 7.18. The van der Waals surface area contributed by atoms with Crippen LogP contribution in [0.4, 0.5) is 5.69 Å². The molecular formula is C13H15N5O. The minimum Gasteiger partial charge on any atom is -0.304 e. The fraction of sp³-hybridized carbons (Fsp3) is 0.308. The third kappa shape index (κ3) is 2.22. The van der Waals surface area contributed by atoms with Gasteiger partial charge in [0.05, 0.1) is 13.1 Å².